The number of nitrogens with one attached hydrogen (secondary N) is 1. The van der Waals surface area contributed by atoms with Gasteiger partial charge in [0.15, 0.2) is 0 Å². The van der Waals surface area contributed by atoms with Crippen LogP contribution in [0.5, 0.6) is 5.75 Å². The molecule has 2 saturated heterocycles. The number of nitrogens with zero attached hydrogens (tertiary/aromatic N) is 1. The zero-order chi connectivity index (χ0) is 15.4. The van der Waals surface area contributed by atoms with Gasteiger partial charge in [-0.15, -0.1) is 0 Å². The quantitative estimate of drug-likeness (QED) is 0.933. The predicted octanol–water partition coefficient (Wildman–Crippen LogP) is 2.55. The van der Waals surface area contributed by atoms with Gasteiger partial charge in [0.25, 0.3) is 0 Å². The normalized spacial score (nSPS) is 20.1. The van der Waals surface area contributed by atoms with E-state index in [2.05, 4.69) is 5.32 Å². The van der Waals surface area contributed by atoms with Crippen LogP contribution in [0.25, 0.3) is 0 Å². The van der Waals surface area contributed by atoms with E-state index in [1.165, 1.54) is 0 Å². The largest absolute Gasteiger partial charge is 0.496 e. The standard InChI is InChI=1S/C17H24N2O3/c1-21-15-6-3-2-5-14(15)13-18-16(20)19-10-8-17(9-11-19)7-4-12-22-17/h2-3,5-6H,4,7-13H2,1H3,(H,18,20). The number of hydrogen-bond donors (Lipinski definition) is 1. The van der Waals surface area contributed by atoms with Crippen LogP contribution in [0.2, 0.25) is 0 Å². The summed E-state index contributed by atoms with van der Waals surface area (Å²) in [5.74, 6) is 0.805. The fraction of sp³-hybridized carbons (Fsp3) is 0.588. The zero-order valence-corrected chi connectivity index (χ0v) is 13.1. The molecule has 0 saturated carbocycles. The Morgan fingerprint density at radius 1 is 1.32 bits per heavy atom. The first-order valence-electron chi connectivity index (χ1n) is 8.01. The molecule has 0 aliphatic carbocycles. The molecular formula is C17H24N2O3. The molecule has 0 bridgehead atoms. The molecule has 1 aromatic rings. The minimum absolute atomic E-state index is 0.00115. The van der Waals surface area contributed by atoms with Crippen molar-refractivity contribution < 1.29 is 14.3 Å². The van der Waals surface area contributed by atoms with Crippen LogP contribution in [0.4, 0.5) is 4.79 Å². The lowest BCUT2D eigenvalue weighted by molar-refractivity contribution is -0.0361. The maximum Gasteiger partial charge on any atom is 0.317 e. The Hall–Kier alpha value is -1.75. The fourth-order valence-electron chi connectivity index (χ4n) is 3.40. The van der Waals surface area contributed by atoms with Crippen molar-refractivity contribution >= 4 is 6.03 Å². The lowest BCUT2D eigenvalue weighted by Crippen LogP contribution is -2.49. The van der Waals surface area contributed by atoms with Gasteiger partial charge in [-0.2, -0.15) is 0 Å². The van der Waals surface area contributed by atoms with Gasteiger partial charge < -0.3 is 19.7 Å². The number of para-hydroxylation sites is 1. The van der Waals surface area contributed by atoms with Crippen molar-refractivity contribution in [3.05, 3.63) is 29.8 Å². The average Bonchev–Trinajstić information content (AvgIpc) is 3.01. The van der Waals surface area contributed by atoms with E-state index in [-0.39, 0.29) is 11.6 Å². The second kappa shape index (κ2) is 6.57. The van der Waals surface area contributed by atoms with Crippen LogP contribution < -0.4 is 10.1 Å². The highest BCUT2D eigenvalue weighted by Crippen LogP contribution is 2.35. The number of likely N-dealkylation sites (tertiary alicyclic amines) is 1. The molecule has 1 N–H and O–H groups in total. The summed E-state index contributed by atoms with van der Waals surface area (Å²) in [7, 11) is 1.65. The minimum atomic E-state index is -0.00115. The first-order valence-corrected chi connectivity index (χ1v) is 8.01. The smallest absolute Gasteiger partial charge is 0.317 e. The van der Waals surface area contributed by atoms with E-state index in [0.29, 0.717) is 6.54 Å². The second-order valence-corrected chi connectivity index (χ2v) is 6.09. The second-order valence-electron chi connectivity index (χ2n) is 6.09. The lowest BCUT2D eigenvalue weighted by atomic mass is 9.89. The molecule has 5 nitrogen and oxygen atoms in total. The topological polar surface area (TPSA) is 50.8 Å². The van der Waals surface area contributed by atoms with Crippen molar-refractivity contribution in [1.29, 1.82) is 0 Å². The summed E-state index contributed by atoms with van der Waals surface area (Å²) in [6, 6.07) is 7.75. The van der Waals surface area contributed by atoms with E-state index in [4.69, 9.17) is 9.47 Å². The van der Waals surface area contributed by atoms with Crippen molar-refractivity contribution in [2.75, 3.05) is 26.8 Å². The third kappa shape index (κ3) is 3.19. The molecule has 2 fully saturated rings. The van der Waals surface area contributed by atoms with Gasteiger partial charge >= 0.3 is 6.03 Å². The molecule has 1 aromatic carbocycles. The molecule has 22 heavy (non-hydrogen) atoms. The summed E-state index contributed by atoms with van der Waals surface area (Å²) >= 11 is 0. The summed E-state index contributed by atoms with van der Waals surface area (Å²) in [5.41, 5.74) is 1.05. The number of carbonyl (C=O) groups excluding carboxylic acids is 1. The molecule has 1 spiro atoms. The third-order valence-electron chi connectivity index (χ3n) is 4.77. The number of carbonyl (C=O) groups is 1. The number of piperidine rings is 1. The van der Waals surface area contributed by atoms with Crippen molar-refractivity contribution in [3.63, 3.8) is 0 Å². The van der Waals surface area contributed by atoms with Crippen molar-refractivity contribution in [2.24, 2.45) is 0 Å². The Morgan fingerprint density at radius 3 is 2.77 bits per heavy atom. The molecule has 2 aliphatic heterocycles. The molecule has 5 heteroatoms. The van der Waals surface area contributed by atoms with Crippen LogP contribution in [0.1, 0.15) is 31.2 Å². The summed E-state index contributed by atoms with van der Waals surface area (Å²) in [6.45, 7) is 2.91. The Kier molecular flexibility index (Phi) is 4.52. The summed E-state index contributed by atoms with van der Waals surface area (Å²) in [4.78, 5) is 14.2. The van der Waals surface area contributed by atoms with Crippen LogP contribution in [-0.2, 0) is 11.3 Å². The molecule has 3 rings (SSSR count). The van der Waals surface area contributed by atoms with Crippen molar-refractivity contribution in [1.82, 2.24) is 10.2 Å². The monoisotopic (exact) mass is 304 g/mol. The molecule has 0 radical (unpaired) electrons. The van der Waals surface area contributed by atoms with Gasteiger partial charge in [0.1, 0.15) is 5.75 Å². The van der Waals surface area contributed by atoms with E-state index in [1.807, 2.05) is 29.2 Å². The number of amides is 2. The van der Waals surface area contributed by atoms with Crippen LogP contribution >= 0.6 is 0 Å². The maximum atomic E-state index is 12.3. The number of hydrogen-bond acceptors (Lipinski definition) is 3. The fourth-order valence-corrected chi connectivity index (χ4v) is 3.40. The summed E-state index contributed by atoms with van der Waals surface area (Å²) in [6.07, 6.45) is 4.20. The Balaban J connectivity index is 1.50. The highest BCUT2D eigenvalue weighted by molar-refractivity contribution is 5.74. The van der Waals surface area contributed by atoms with Gasteiger partial charge in [-0.1, -0.05) is 18.2 Å². The number of methoxy groups -OCH3 is 1. The third-order valence-corrected chi connectivity index (χ3v) is 4.77. The zero-order valence-electron chi connectivity index (χ0n) is 13.1. The van der Waals surface area contributed by atoms with Crippen LogP contribution in [0.15, 0.2) is 24.3 Å². The Morgan fingerprint density at radius 2 is 2.09 bits per heavy atom. The van der Waals surface area contributed by atoms with Crippen molar-refractivity contribution in [3.8, 4) is 5.75 Å². The van der Waals surface area contributed by atoms with Gasteiger partial charge in [0, 0.05) is 31.8 Å². The Bertz CT molecular complexity index is 516. The molecular weight excluding hydrogens is 280 g/mol. The summed E-state index contributed by atoms with van der Waals surface area (Å²) < 4.78 is 11.2. The van der Waals surface area contributed by atoms with E-state index in [9.17, 15) is 4.79 Å². The van der Waals surface area contributed by atoms with E-state index < -0.39 is 0 Å². The molecule has 0 atom stereocenters. The molecule has 120 valence electrons. The van der Waals surface area contributed by atoms with Gasteiger partial charge in [-0.3, -0.25) is 0 Å². The highest BCUT2D eigenvalue weighted by Gasteiger charge is 2.39. The Labute approximate surface area is 131 Å². The minimum Gasteiger partial charge on any atom is -0.496 e. The van der Waals surface area contributed by atoms with Crippen LogP contribution in [0.3, 0.4) is 0 Å². The number of benzene rings is 1. The first-order chi connectivity index (χ1) is 10.7. The molecule has 0 aromatic heterocycles. The maximum absolute atomic E-state index is 12.3. The number of rotatable bonds is 3. The van der Waals surface area contributed by atoms with E-state index >= 15 is 0 Å². The molecule has 2 heterocycles. The number of urea groups is 1. The van der Waals surface area contributed by atoms with Crippen molar-refractivity contribution in [2.45, 2.75) is 37.8 Å². The lowest BCUT2D eigenvalue weighted by Gasteiger charge is -2.38. The van der Waals surface area contributed by atoms with Gasteiger partial charge in [0.05, 0.1) is 12.7 Å². The summed E-state index contributed by atoms with van der Waals surface area (Å²) in [5, 5.41) is 2.99. The predicted molar refractivity (Wildman–Crippen MR) is 84.0 cm³/mol. The van der Waals surface area contributed by atoms with Gasteiger partial charge in [0.2, 0.25) is 0 Å². The SMILES string of the molecule is COc1ccccc1CNC(=O)N1CCC2(CCCO2)CC1. The molecule has 2 aliphatic rings. The van der Waals surface area contributed by atoms with E-state index in [0.717, 1.165) is 56.7 Å². The first kappa shape index (κ1) is 15.2. The average molecular weight is 304 g/mol. The van der Waals surface area contributed by atoms with Gasteiger partial charge in [-0.05, 0) is 31.7 Å². The molecule has 2 amide bonds. The number of ether oxygens (including phenoxy) is 2. The molecule has 0 unspecified atom stereocenters. The van der Waals surface area contributed by atoms with E-state index in [1.54, 1.807) is 7.11 Å². The highest BCUT2D eigenvalue weighted by atomic mass is 16.5. The van der Waals surface area contributed by atoms with Crippen LogP contribution in [0, 0.1) is 0 Å². The van der Waals surface area contributed by atoms with Crippen LogP contribution in [-0.4, -0.2) is 43.3 Å². The van der Waals surface area contributed by atoms with Gasteiger partial charge in [-0.25, -0.2) is 4.79 Å².